The van der Waals surface area contributed by atoms with Crippen LogP contribution in [0.2, 0.25) is 18.1 Å². The number of aromatic nitrogens is 1. The summed E-state index contributed by atoms with van der Waals surface area (Å²) in [5.74, 6) is 0. The fourth-order valence-electron chi connectivity index (χ4n) is 2.06. The molecule has 0 fully saturated rings. The molecule has 0 amide bonds. The second-order valence-corrected chi connectivity index (χ2v) is 13.0. The molecule has 0 bridgehead atoms. The van der Waals surface area contributed by atoms with Gasteiger partial charge in [-0.2, -0.15) is 0 Å². The van der Waals surface area contributed by atoms with Gasteiger partial charge in [0.1, 0.15) is 0 Å². The van der Waals surface area contributed by atoms with Crippen molar-refractivity contribution in [3.63, 3.8) is 0 Å². The van der Waals surface area contributed by atoms with Crippen molar-refractivity contribution in [1.82, 2.24) is 4.98 Å². The monoisotopic (exact) mass is 337 g/mol. The fraction of sp³-hybridized carbons (Fsp3) is 0.533. The van der Waals surface area contributed by atoms with Crippen molar-refractivity contribution in [2.45, 2.75) is 51.9 Å². The molecular weight excluding hydrogens is 313 g/mol. The normalized spacial score (nSPS) is 14.4. The molecule has 2 aromatic rings. The highest BCUT2D eigenvalue weighted by atomic mass is 32.1. The van der Waals surface area contributed by atoms with Crippen molar-refractivity contribution < 1.29 is 14.5 Å². The lowest BCUT2D eigenvalue weighted by Gasteiger charge is -2.38. The van der Waals surface area contributed by atoms with Gasteiger partial charge in [-0.15, -0.1) is 11.3 Å². The van der Waals surface area contributed by atoms with Gasteiger partial charge in [-0.05, 0) is 37.2 Å². The van der Waals surface area contributed by atoms with Gasteiger partial charge in [-0.3, -0.25) is 4.98 Å². The van der Waals surface area contributed by atoms with E-state index in [1.807, 2.05) is 6.07 Å². The zero-order valence-corrected chi connectivity index (χ0v) is 15.9. The maximum atomic E-state index is 9.47. The van der Waals surface area contributed by atoms with Gasteiger partial charge in [0.25, 0.3) is 0 Å². The van der Waals surface area contributed by atoms with Gasteiger partial charge in [-0.1, -0.05) is 20.8 Å². The molecule has 0 saturated heterocycles. The summed E-state index contributed by atoms with van der Waals surface area (Å²) in [5.41, 5.74) is 1.29. The Kier molecular flexibility index (Phi) is 4.85. The summed E-state index contributed by atoms with van der Waals surface area (Å²) in [7, 11) is -3.33. The highest BCUT2D eigenvalue weighted by Crippen LogP contribution is 2.41. The molecule has 7 heteroatoms. The summed E-state index contributed by atoms with van der Waals surface area (Å²) < 4.78 is 7.23. The van der Waals surface area contributed by atoms with Crippen molar-refractivity contribution in [3.05, 3.63) is 23.2 Å². The van der Waals surface area contributed by atoms with Crippen molar-refractivity contribution in [2.24, 2.45) is 0 Å². The van der Waals surface area contributed by atoms with Crippen molar-refractivity contribution in [2.75, 3.05) is 0 Å². The predicted molar refractivity (Wildman–Crippen MR) is 96.1 cm³/mol. The van der Waals surface area contributed by atoms with E-state index in [0.717, 1.165) is 15.1 Å². The molecule has 0 aliphatic rings. The molecule has 2 heterocycles. The highest BCUT2D eigenvalue weighted by molar-refractivity contribution is 7.20. The Labute approximate surface area is 137 Å². The summed E-state index contributed by atoms with van der Waals surface area (Å²) in [6.07, 6.45) is 1.58. The van der Waals surface area contributed by atoms with E-state index in [4.69, 9.17) is 4.43 Å². The van der Waals surface area contributed by atoms with Crippen LogP contribution in [0.25, 0.3) is 10.2 Å². The molecule has 0 saturated carbocycles. The van der Waals surface area contributed by atoms with Crippen LogP contribution in [0.1, 0.15) is 38.7 Å². The molecule has 0 radical (unpaired) electrons. The quantitative estimate of drug-likeness (QED) is 0.842. The molecule has 2 rings (SSSR count). The molecule has 1 atom stereocenters. The van der Waals surface area contributed by atoms with Gasteiger partial charge in [0, 0.05) is 16.5 Å². The third-order valence-electron chi connectivity index (χ3n) is 4.42. The lowest BCUT2D eigenvalue weighted by atomic mass is 9.81. The van der Waals surface area contributed by atoms with Crippen LogP contribution in [0.5, 0.6) is 0 Å². The third kappa shape index (κ3) is 3.44. The van der Waals surface area contributed by atoms with Gasteiger partial charge in [0.15, 0.2) is 8.32 Å². The van der Waals surface area contributed by atoms with Crippen molar-refractivity contribution in [3.8, 4) is 0 Å². The summed E-state index contributed by atoms with van der Waals surface area (Å²) in [6, 6.07) is 3.64. The summed E-state index contributed by atoms with van der Waals surface area (Å²) >= 11 is 1.53. The first-order chi connectivity index (χ1) is 10.0. The van der Waals surface area contributed by atoms with E-state index in [2.05, 4.69) is 45.8 Å². The second-order valence-electron chi connectivity index (χ2n) is 7.16. The van der Waals surface area contributed by atoms with E-state index in [-0.39, 0.29) is 11.1 Å². The zero-order chi connectivity index (χ0) is 16.7. The first kappa shape index (κ1) is 17.6. The maximum Gasteiger partial charge on any atom is 0.490 e. The Morgan fingerprint density at radius 3 is 2.50 bits per heavy atom. The minimum Gasteiger partial charge on any atom is -0.423 e. The van der Waals surface area contributed by atoms with Crippen LogP contribution in [0.15, 0.2) is 18.3 Å². The number of thiophene rings is 1. The molecule has 0 spiro atoms. The lowest BCUT2D eigenvalue weighted by Crippen LogP contribution is -2.41. The molecule has 120 valence electrons. The Bertz CT molecular complexity index is 666. The molecule has 1 unspecified atom stereocenters. The number of pyridine rings is 1. The third-order valence-corrected chi connectivity index (χ3v) is 10.3. The van der Waals surface area contributed by atoms with E-state index in [1.54, 1.807) is 12.3 Å². The largest absolute Gasteiger partial charge is 0.490 e. The van der Waals surface area contributed by atoms with Crippen LogP contribution in [0, 0.1) is 0 Å². The molecule has 0 aliphatic carbocycles. The predicted octanol–water partition coefficient (Wildman–Crippen LogP) is 3.06. The van der Waals surface area contributed by atoms with Gasteiger partial charge in [0.05, 0.1) is 16.3 Å². The first-order valence-electron chi connectivity index (χ1n) is 7.45. The van der Waals surface area contributed by atoms with Crippen molar-refractivity contribution in [1.29, 1.82) is 0 Å². The van der Waals surface area contributed by atoms with Gasteiger partial charge in [0.2, 0.25) is 0 Å². The Balaban J connectivity index is 2.34. The SMILES string of the molecule is CC(O[Si](C)(C)C(C)(C)C)c1cc2nccc(B(O)O)c2s1. The number of hydrogen-bond donors (Lipinski definition) is 2. The second kappa shape index (κ2) is 6.05. The number of fused-ring (bicyclic) bond motifs is 1. The fourth-order valence-corrected chi connectivity index (χ4v) is 4.63. The van der Waals surface area contributed by atoms with E-state index in [1.165, 1.54) is 11.3 Å². The molecule has 2 N–H and O–H groups in total. The Hall–Kier alpha value is -0.728. The molecule has 4 nitrogen and oxygen atoms in total. The molecule has 0 aromatic carbocycles. The van der Waals surface area contributed by atoms with E-state index >= 15 is 0 Å². The average molecular weight is 337 g/mol. The van der Waals surface area contributed by atoms with E-state index in [0.29, 0.717) is 5.46 Å². The minimum absolute atomic E-state index is 0.0243. The Morgan fingerprint density at radius 1 is 1.32 bits per heavy atom. The minimum atomic E-state index is -1.85. The maximum absolute atomic E-state index is 9.47. The smallest absolute Gasteiger partial charge is 0.423 e. The van der Waals surface area contributed by atoms with Gasteiger partial charge < -0.3 is 14.5 Å². The first-order valence-corrected chi connectivity index (χ1v) is 11.2. The number of rotatable bonds is 4. The van der Waals surface area contributed by atoms with Gasteiger partial charge >= 0.3 is 7.12 Å². The summed E-state index contributed by atoms with van der Waals surface area (Å²) in [6.45, 7) is 13.2. The van der Waals surface area contributed by atoms with Crippen LogP contribution in [0.4, 0.5) is 0 Å². The van der Waals surface area contributed by atoms with Crippen LogP contribution >= 0.6 is 11.3 Å². The van der Waals surface area contributed by atoms with Crippen LogP contribution in [-0.2, 0) is 4.43 Å². The van der Waals surface area contributed by atoms with Gasteiger partial charge in [-0.25, -0.2) is 0 Å². The summed E-state index contributed by atoms with van der Waals surface area (Å²) in [5, 5.41) is 19.1. The van der Waals surface area contributed by atoms with E-state index in [9.17, 15) is 10.0 Å². The van der Waals surface area contributed by atoms with E-state index < -0.39 is 15.4 Å². The standard InChI is InChI=1S/C15H24BNO3SSi/c1-10(20-22(5,6)15(2,3)4)13-9-12-14(21-13)11(16(18)19)7-8-17-12/h7-10,18-19H,1-6H3. The summed E-state index contributed by atoms with van der Waals surface area (Å²) in [4.78, 5) is 5.39. The van der Waals surface area contributed by atoms with Crippen molar-refractivity contribution >= 4 is 42.5 Å². The molecular formula is C15H24BNO3SSi. The number of nitrogens with zero attached hydrogens (tertiary/aromatic N) is 1. The number of hydrogen-bond acceptors (Lipinski definition) is 5. The molecule has 0 aliphatic heterocycles. The molecule has 22 heavy (non-hydrogen) atoms. The van der Waals surface area contributed by atoms with Crippen LogP contribution < -0.4 is 5.46 Å². The molecule has 2 aromatic heterocycles. The topological polar surface area (TPSA) is 62.6 Å². The van der Waals surface area contributed by atoms with Crippen LogP contribution in [0.3, 0.4) is 0 Å². The average Bonchev–Trinajstić information content (AvgIpc) is 2.80. The zero-order valence-electron chi connectivity index (χ0n) is 14.0. The van der Waals surface area contributed by atoms with Crippen LogP contribution in [-0.4, -0.2) is 30.5 Å². The lowest BCUT2D eigenvalue weighted by molar-refractivity contribution is 0.206. The Morgan fingerprint density at radius 2 is 1.95 bits per heavy atom. The highest BCUT2D eigenvalue weighted by Gasteiger charge is 2.38.